The van der Waals surface area contributed by atoms with E-state index in [9.17, 15) is 9.59 Å². The van der Waals surface area contributed by atoms with E-state index in [1.165, 1.54) is 0 Å². The lowest BCUT2D eigenvalue weighted by molar-refractivity contribution is -0.122. The van der Waals surface area contributed by atoms with Crippen LogP contribution in [-0.4, -0.2) is 75.3 Å². The molecule has 0 saturated heterocycles. The van der Waals surface area contributed by atoms with Crippen LogP contribution in [0.5, 0.6) is 0 Å². The molecule has 0 heterocycles. The molecule has 0 aromatic rings. The molecular formula is C26H56N2O4S2. The number of carbonyl (C=O) groups excluding carboxylic acids is 2. The van der Waals surface area contributed by atoms with Gasteiger partial charge in [0, 0.05) is 36.8 Å². The highest BCUT2D eigenvalue weighted by atomic mass is 32.2. The zero-order valence-corrected chi connectivity index (χ0v) is 25.6. The smallest absolute Gasteiger partial charge is 0.220 e. The predicted octanol–water partition coefficient (Wildman–Crippen LogP) is 5.64. The summed E-state index contributed by atoms with van der Waals surface area (Å²) in [4.78, 5) is 23.5. The number of nitrogens with one attached hydrogen (secondary N) is 2. The molecular weight excluding hydrogens is 468 g/mol. The number of thioether (sulfide) groups is 2. The molecule has 0 radical (unpaired) electrons. The lowest BCUT2D eigenvalue weighted by Crippen LogP contribution is -2.38. The van der Waals surface area contributed by atoms with Gasteiger partial charge in [-0.25, -0.2) is 0 Å². The molecule has 0 aromatic heterocycles. The monoisotopic (exact) mass is 524 g/mol. The minimum absolute atomic E-state index is 0.0915. The summed E-state index contributed by atoms with van der Waals surface area (Å²) < 4.78 is 11.7. The molecule has 0 unspecified atom stereocenters. The van der Waals surface area contributed by atoms with Crippen molar-refractivity contribution >= 4 is 35.3 Å². The molecule has 0 aliphatic heterocycles. The maximum Gasteiger partial charge on any atom is 0.220 e. The number of carbonyl (C=O) groups is 2. The molecule has 0 atom stereocenters. The Kier molecular flexibility index (Phi) is 28.7. The Morgan fingerprint density at radius 2 is 1.15 bits per heavy atom. The zero-order valence-electron chi connectivity index (χ0n) is 23.9. The van der Waals surface area contributed by atoms with Crippen LogP contribution in [0.2, 0.25) is 0 Å². The summed E-state index contributed by atoms with van der Waals surface area (Å²) in [6.45, 7) is 19.8. The van der Waals surface area contributed by atoms with Crippen LogP contribution in [-0.2, 0) is 19.1 Å². The molecule has 0 spiro atoms. The van der Waals surface area contributed by atoms with E-state index in [1.54, 1.807) is 23.5 Å². The van der Waals surface area contributed by atoms with Crippen molar-refractivity contribution in [3.8, 4) is 0 Å². The van der Waals surface area contributed by atoms with E-state index >= 15 is 0 Å². The average molecular weight is 525 g/mol. The Hall–Kier alpha value is -0.440. The molecule has 6 nitrogen and oxygen atoms in total. The Morgan fingerprint density at radius 3 is 1.65 bits per heavy atom. The van der Waals surface area contributed by atoms with Gasteiger partial charge >= 0.3 is 0 Å². The van der Waals surface area contributed by atoms with Gasteiger partial charge in [-0.3, -0.25) is 9.59 Å². The van der Waals surface area contributed by atoms with Gasteiger partial charge in [0.05, 0.1) is 26.4 Å². The Bertz CT molecular complexity index is 476. The highest BCUT2D eigenvalue weighted by Gasteiger charge is 2.23. The van der Waals surface area contributed by atoms with Gasteiger partial charge in [0.25, 0.3) is 0 Å². The van der Waals surface area contributed by atoms with Gasteiger partial charge in [-0.2, -0.15) is 23.5 Å². The van der Waals surface area contributed by atoms with Gasteiger partial charge in [0.2, 0.25) is 11.8 Å². The van der Waals surface area contributed by atoms with Crippen molar-refractivity contribution in [3.05, 3.63) is 0 Å². The number of rotatable bonds is 19. The maximum atomic E-state index is 11.9. The van der Waals surface area contributed by atoms with Crippen molar-refractivity contribution in [2.45, 2.75) is 81.1 Å². The van der Waals surface area contributed by atoms with Crippen molar-refractivity contribution < 1.29 is 19.1 Å². The molecule has 0 aliphatic rings. The van der Waals surface area contributed by atoms with E-state index in [4.69, 9.17) is 9.47 Å². The Balaban J connectivity index is -0.00000227. The first kappa shape index (κ1) is 38.1. The van der Waals surface area contributed by atoms with E-state index in [-0.39, 0.29) is 22.6 Å². The number of hydrogen-bond donors (Lipinski definition) is 2. The molecule has 34 heavy (non-hydrogen) atoms. The largest absolute Gasteiger partial charge is 0.380 e. The van der Waals surface area contributed by atoms with Crippen molar-refractivity contribution in [2.75, 3.05) is 63.5 Å². The van der Waals surface area contributed by atoms with Gasteiger partial charge in [0.15, 0.2) is 0 Å². The van der Waals surface area contributed by atoms with Crippen LogP contribution >= 0.6 is 23.5 Å². The zero-order chi connectivity index (χ0) is 26.9. The third-order valence-electron chi connectivity index (χ3n) is 4.32. The maximum absolute atomic E-state index is 11.9. The number of ether oxygens (including phenoxy) is 2. The van der Waals surface area contributed by atoms with Crippen LogP contribution < -0.4 is 10.6 Å². The summed E-state index contributed by atoms with van der Waals surface area (Å²) in [6.07, 6.45) is 7.09. The first-order valence-electron chi connectivity index (χ1n) is 12.8. The predicted molar refractivity (Wildman–Crippen MR) is 153 cm³/mol. The standard InChI is InChI=1S/C22H44N2O4S2.2C2H6/c1-21(2,15-24-20(26)10-8-14-30-6)16-28-18-22(3,4)17-27-12-11-23-19(25)9-7-13-29-5;2*1-2/h7-18H2,1-6H3,(H,23,25)(H,24,26);2*1-2H3. The van der Waals surface area contributed by atoms with E-state index in [0.29, 0.717) is 52.4 Å². The molecule has 206 valence electrons. The Labute approximate surface area is 220 Å². The van der Waals surface area contributed by atoms with E-state index in [0.717, 1.165) is 24.3 Å². The summed E-state index contributed by atoms with van der Waals surface area (Å²) >= 11 is 3.52. The molecule has 0 aromatic carbocycles. The number of hydrogen-bond acceptors (Lipinski definition) is 6. The second kappa shape index (κ2) is 25.6. The average Bonchev–Trinajstić information content (AvgIpc) is 2.80. The molecule has 2 amide bonds. The summed E-state index contributed by atoms with van der Waals surface area (Å²) in [5.74, 6) is 2.23. The van der Waals surface area contributed by atoms with Gasteiger partial charge in [0.1, 0.15) is 0 Å². The van der Waals surface area contributed by atoms with Crippen molar-refractivity contribution in [1.29, 1.82) is 0 Å². The minimum Gasteiger partial charge on any atom is -0.380 e. The Morgan fingerprint density at radius 1 is 0.706 bits per heavy atom. The quantitative estimate of drug-likeness (QED) is 0.213. The lowest BCUT2D eigenvalue weighted by atomic mass is 9.93. The third-order valence-corrected chi connectivity index (χ3v) is 5.71. The topological polar surface area (TPSA) is 76.7 Å². The van der Waals surface area contributed by atoms with Gasteiger partial charge in [-0.15, -0.1) is 0 Å². The van der Waals surface area contributed by atoms with E-state index in [1.807, 2.05) is 34.0 Å². The fourth-order valence-corrected chi connectivity index (χ4v) is 3.44. The van der Waals surface area contributed by atoms with Crippen LogP contribution in [0.4, 0.5) is 0 Å². The minimum atomic E-state index is -0.118. The fraction of sp³-hybridized carbons (Fsp3) is 0.923. The van der Waals surface area contributed by atoms with Gasteiger partial charge in [-0.05, 0) is 36.9 Å². The SMILES string of the molecule is CC.CC.CSCCCC(=O)NCCOCC(C)(C)COCC(C)(C)CNC(=O)CCCSC. The highest BCUT2D eigenvalue weighted by molar-refractivity contribution is 7.98. The van der Waals surface area contributed by atoms with Crippen molar-refractivity contribution in [1.82, 2.24) is 10.6 Å². The summed E-state index contributed by atoms with van der Waals surface area (Å²) in [5.41, 5.74) is -0.230. The summed E-state index contributed by atoms with van der Waals surface area (Å²) in [6, 6.07) is 0. The molecule has 0 saturated carbocycles. The van der Waals surface area contributed by atoms with Crippen LogP contribution in [0.15, 0.2) is 0 Å². The van der Waals surface area contributed by atoms with Crippen LogP contribution in [0.3, 0.4) is 0 Å². The third kappa shape index (κ3) is 27.8. The molecule has 0 fully saturated rings. The van der Waals surface area contributed by atoms with Crippen LogP contribution in [0.1, 0.15) is 81.1 Å². The highest BCUT2D eigenvalue weighted by Crippen LogP contribution is 2.20. The lowest BCUT2D eigenvalue weighted by Gasteiger charge is -2.29. The van der Waals surface area contributed by atoms with Crippen LogP contribution in [0.25, 0.3) is 0 Å². The van der Waals surface area contributed by atoms with Gasteiger partial charge < -0.3 is 20.1 Å². The molecule has 8 heteroatoms. The number of amides is 2. The molecule has 0 bridgehead atoms. The van der Waals surface area contributed by atoms with E-state index in [2.05, 4.69) is 44.6 Å². The summed E-state index contributed by atoms with van der Waals surface area (Å²) in [7, 11) is 0. The van der Waals surface area contributed by atoms with E-state index < -0.39 is 0 Å². The second-order valence-electron chi connectivity index (χ2n) is 9.19. The first-order chi connectivity index (χ1) is 16.1. The van der Waals surface area contributed by atoms with Crippen molar-refractivity contribution in [3.63, 3.8) is 0 Å². The van der Waals surface area contributed by atoms with Gasteiger partial charge in [-0.1, -0.05) is 55.4 Å². The molecule has 0 aliphatic carbocycles. The van der Waals surface area contributed by atoms with Crippen molar-refractivity contribution in [2.24, 2.45) is 10.8 Å². The fourth-order valence-electron chi connectivity index (χ4n) is 2.58. The summed E-state index contributed by atoms with van der Waals surface area (Å²) in [5, 5.41) is 5.90. The second-order valence-corrected chi connectivity index (χ2v) is 11.2. The normalized spacial score (nSPS) is 11.0. The first-order valence-corrected chi connectivity index (χ1v) is 15.6. The molecule has 0 rings (SSSR count). The molecule has 2 N–H and O–H groups in total. The van der Waals surface area contributed by atoms with Crippen LogP contribution in [0, 0.1) is 10.8 Å².